The van der Waals surface area contributed by atoms with Gasteiger partial charge in [0.2, 0.25) is 10.0 Å². The monoisotopic (exact) mass is 334 g/mol. The number of nitriles is 1. The smallest absolute Gasteiger partial charge is 0.225 e. The molecule has 0 atom stereocenters. The van der Waals surface area contributed by atoms with E-state index >= 15 is 0 Å². The van der Waals surface area contributed by atoms with Crippen LogP contribution in [-0.2, 0) is 10.0 Å². The number of sulfonamides is 1. The summed E-state index contributed by atoms with van der Waals surface area (Å²) < 4.78 is 22.5. The minimum atomic E-state index is -3.66. The van der Waals surface area contributed by atoms with E-state index in [0.29, 0.717) is 5.56 Å². The Morgan fingerprint density at radius 2 is 1.42 bits per heavy atom. The summed E-state index contributed by atoms with van der Waals surface area (Å²) in [5, 5.41) is 16.1. The Bertz CT molecular complexity index is 1080. The van der Waals surface area contributed by atoms with E-state index in [-0.39, 0.29) is 4.90 Å². The molecule has 24 heavy (non-hydrogen) atoms. The minimum absolute atomic E-state index is 0.0960. The van der Waals surface area contributed by atoms with Crippen LogP contribution in [0.2, 0.25) is 0 Å². The Morgan fingerprint density at radius 1 is 0.833 bits per heavy atom. The molecule has 2 N–H and O–H groups in total. The van der Waals surface area contributed by atoms with E-state index in [9.17, 15) is 8.42 Å². The van der Waals surface area contributed by atoms with Gasteiger partial charge in [-0.05, 0) is 52.2 Å². The predicted molar refractivity (Wildman–Crippen MR) is 95.4 cm³/mol. The van der Waals surface area contributed by atoms with Gasteiger partial charge in [0.25, 0.3) is 0 Å². The van der Waals surface area contributed by atoms with Crippen LogP contribution >= 0.6 is 0 Å². The fraction of sp³-hybridized carbons (Fsp3) is 0. The molecule has 0 aromatic heterocycles. The third-order valence-electron chi connectivity index (χ3n) is 3.67. The summed E-state index contributed by atoms with van der Waals surface area (Å²) in [4.78, 5) is 0.0960. The first-order chi connectivity index (χ1) is 11.5. The highest BCUT2D eigenvalue weighted by molar-refractivity contribution is 7.89. The van der Waals surface area contributed by atoms with E-state index in [4.69, 9.17) is 10.4 Å². The minimum Gasteiger partial charge on any atom is -0.225 e. The molecular weight excluding hydrogens is 320 g/mol. The molecule has 0 unspecified atom stereocenters. The first-order valence-electron chi connectivity index (χ1n) is 7.20. The molecule has 118 valence electrons. The molecule has 0 amide bonds. The zero-order valence-electron chi connectivity index (χ0n) is 12.7. The summed E-state index contributed by atoms with van der Waals surface area (Å²) in [6.45, 7) is 0. The number of benzene rings is 3. The molecule has 3 rings (SSSR count). The second kappa shape index (κ2) is 6.28. The van der Waals surface area contributed by atoms with Crippen LogP contribution in [0.1, 0.15) is 16.7 Å². The van der Waals surface area contributed by atoms with E-state index in [1.165, 1.54) is 12.1 Å². The summed E-state index contributed by atoms with van der Waals surface area (Å²) in [5.74, 6) is 0. The van der Waals surface area contributed by atoms with Crippen molar-refractivity contribution in [2.45, 2.75) is 4.90 Å². The average Bonchev–Trinajstić information content (AvgIpc) is 2.59. The van der Waals surface area contributed by atoms with Crippen molar-refractivity contribution in [3.8, 4) is 6.07 Å². The molecule has 0 heterocycles. The average molecular weight is 334 g/mol. The number of primary sulfonamides is 1. The van der Waals surface area contributed by atoms with Crippen LogP contribution in [0.4, 0.5) is 0 Å². The van der Waals surface area contributed by atoms with E-state index in [1.54, 1.807) is 18.2 Å². The molecule has 5 heteroatoms. The number of fused-ring (bicyclic) bond motifs is 1. The van der Waals surface area contributed by atoms with Gasteiger partial charge in [-0.3, -0.25) is 0 Å². The lowest BCUT2D eigenvalue weighted by molar-refractivity contribution is 0.598. The van der Waals surface area contributed by atoms with Crippen molar-refractivity contribution in [2.24, 2.45) is 5.14 Å². The fourth-order valence-electron chi connectivity index (χ4n) is 2.40. The molecule has 0 aliphatic carbocycles. The molecule has 0 saturated carbocycles. The predicted octanol–water partition coefficient (Wildman–Crippen LogP) is 3.53. The summed E-state index contributed by atoms with van der Waals surface area (Å²) in [7, 11) is -3.66. The van der Waals surface area contributed by atoms with Crippen molar-refractivity contribution in [1.82, 2.24) is 0 Å². The molecule has 4 nitrogen and oxygen atoms in total. The van der Waals surface area contributed by atoms with E-state index in [2.05, 4.69) is 6.07 Å². The Kier molecular flexibility index (Phi) is 4.17. The van der Waals surface area contributed by atoms with Gasteiger partial charge in [-0.1, -0.05) is 42.5 Å². The third-order valence-corrected chi connectivity index (χ3v) is 4.60. The van der Waals surface area contributed by atoms with Gasteiger partial charge in [0.05, 0.1) is 16.5 Å². The van der Waals surface area contributed by atoms with Crippen LogP contribution in [0.25, 0.3) is 22.9 Å². The van der Waals surface area contributed by atoms with Crippen molar-refractivity contribution in [1.29, 1.82) is 5.26 Å². The van der Waals surface area contributed by atoms with Gasteiger partial charge in [0.15, 0.2) is 0 Å². The van der Waals surface area contributed by atoms with Crippen molar-refractivity contribution in [3.63, 3.8) is 0 Å². The standard InChI is InChI=1S/C19H14N2O2S/c20-13-16-4-8-17-11-15(3-7-18(17)12-16)2-1-14-5-9-19(10-6-14)24(21,22)23/h1-12H,(H2,21,22,23)/b2-1+. The van der Waals surface area contributed by atoms with Crippen molar-refractivity contribution >= 4 is 32.9 Å². The number of rotatable bonds is 3. The summed E-state index contributed by atoms with van der Waals surface area (Å²) in [5.41, 5.74) is 2.53. The maximum atomic E-state index is 11.2. The molecule has 0 fully saturated rings. The number of nitrogens with two attached hydrogens (primary N) is 1. The van der Waals surface area contributed by atoms with Gasteiger partial charge >= 0.3 is 0 Å². The highest BCUT2D eigenvalue weighted by atomic mass is 32.2. The lowest BCUT2D eigenvalue weighted by atomic mass is 10.0. The van der Waals surface area contributed by atoms with Gasteiger partial charge in [-0.2, -0.15) is 5.26 Å². The first-order valence-corrected chi connectivity index (χ1v) is 8.75. The van der Waals surface area contributed by atoms with Crippen LogP contribution in [0.3, 0.4) is 0 Å². The third kappa shape index (κ3) is 3.51. The quantitative estimate of drug-likeness (QED) is 0.744. The second-order valence-corrected chi connectivity index (χ2v) is 6.94. The molecule has 0 saturated heterocycles. The zero-order valence-corrected chi connectivity index (χ0v) is 13.5. The molecule has 0 aliphatic rings. The molecule has 0 spiro atoms. The number of nitrogens with zero attached hydrogens (tertiary/aromatic N) is 1. The fourth-order valence-corrected chi connectivity index (χ4v) is 2.91. The lowest BCUT2D eigenvalue weighted by Gasteiger charge is -2.01. The second-order valence-electron chi connectivity index (χ2n) is 5.38. The molecule has 0 radical (unpaired) electrons. The molecule has 0 aliphatic heterocycles. The Balaban J connectivity index is 1.86. The van der Waals surface area contributed by atoms with Crippen LogP contribution in [0, 0.1) is 11.3 Å². The summed E-state index contributed by atoms with van der Waals surface area (Å²) >= 11 is 0. The largest absolute Gasteiger partial charge is 0.238 e. The first kappa shape index (κ1) is 15.9. The van der Waals surface area contributed by atoms with Crippen molar-refractivity contribution in [3.05, 3.63) is 77.4 Å². The summed E-state index contributed by atoms with van der Waals surface area (Å²) in [6.07, 6.45) is 3.85. The maximum Gasteiger partial charge on any atom is 0.238 e. The van der Waals surface area contributed by atoms with Crippen molar-refractivity contribution in [2.75, 3.05) is 0 Å². The summed E-state index contributed by atoms with van der Waals surface area (Å²) in [6, 6.07) is 20.1. The normalized spacial score (nSPS) is 11.7. The zero-order chi connectivity index (χ0) is 17.2. The van der Waals surface area contributed by atoms with E-state index in [1.807, 2.05) is 42.5 Å². The molecule has 0 bridgehead atoms. The Hall–Kier alpha value is -2.94. The van der Waals surface area contributed by atoms with Gasteiger partial charge in [-0.25, -0.2) is 13.6 Å². The topological polar surface area (TPSA) is 83.9 Å². The molecular formula is C19H14N2O2S. The van der Waals surface area contributed by atoms with E-state index < -0.39 is 10.0 Å². The molecule has 3 aromatic carbocycles. The number of hydrogen-bond donors (Lipinski definition) is 1. The van der Waals surface area contributed by atoms with Crippen LogP contribution < -0.4 is 5.14 Å². The van der Waals surface area contributed by atoms with Gasteiger partial charge in [-0.15, -0.1) is 0 Å². The molecule has 3 aromatic rings. The Morgan fingerprint density at radius 3 is 2.08 bits per heavy atom. The van der Waals surface area contributed by atoms with E-state index in [0.717, 1.165) is 21.9 Å². The van der Waals surface area contributed by atoms with Crippen molar-refractivity contribution < 1.29 is 8.42 Å². The SMILES string of the molecule is N#Cc1ccc2cc(/C=C/c3ccc(S(N)(=O)=O)cc3)ccc2c1. The van der Waals surface area contributed by atoms with Gasteiger partial charge in [0, 0.05) is 0 Å². The van der Waals surface area contributed by atoms with Crippen LogP contribution in [0.5, 0.6) is 0 Å². The lowest BCUT2D eigenvalue weighted by Crippen LogP contribution is -2.11. The highest BCUT2D eigenvalue weighted by Crippen LogP contribution is 2.19. The van der Waals surface area contributed by atoms with Crippen LogP contribution in [-0.4, -0.2) is 8.42 Å². The Labute approximate surface area is 140 Å². The van der Waals surface area contributed by atoms with Crippen LogP contribution in [0.15, 0.2) is 65.6 Å². The highest BCUT2D eigenvalue weighted by Gasteiger charge is 2.05. The maximum absolute atomic E-state index is 11.2. The van der Waals surface area contributed by atoms with Gasteiger partial charge in [0.1, 0.15) is 0 Å². The number of hydrogen-bond acceptors (Lipinski definition) is 3. The van der Waals surface area contributed by atoms with Gasteiger partial charge < -0.3 is 0 Å².